The maximum absolute atomic E-state index is 12.8. The number of hydrogen-bond donors (Lipinski definition) is 0. The summed E-state index contributed by atoms with van der Waals surface area (Å²) in [6, 6.07) is 14.4. The molecule has 1 fully saturated rings. The summed E-state index contributed by atoms with van der Waals surface area (Å²) in [7, 11) is 0. The lowest BCUT2D eigenvalue weighted by Gasteiger charge is -2.33. The topological polar surface area (TPSA) is 73.1 Å². The van der Waals surface area contributed by atoms with Gasteiger partial charge in [-0.25, -0.2) is 9.67 Å². The molecule has 7 nitrogen and oxygen atoms in total. The summed E-state index contributed by atoms with van der Waals surface area (Å²) >= 11 is 0. The van der Waals surface area contributed by atoms with E-state index in [9.17, 15) is 4.79 Å². The van der Waals surface area contributed by atoms with Gasteiger partial charge >= 0.3 is 0 Å². The zero-order chi connectivity index (χ0) is 21.8. The second-order valence-corrected chi connectivity index (χ2v) is 8.04. The third-order valence-corrected chi connectivity index (χ3v) is 5.71. The molecule has 1 aromatic carbocycles. The molecular weight excluding hydrogens is 390 g/mol. The summed E-state index contributed by atoms with van der Waals surface area (Å²) in [4.78, 5) is 23.8. The Bertz CT molecular complexity index is 1060. The molecule has 0 N–H and O–H groups in total. The highest BCUT2D eigenvalue weighted by atomic mass is 16.5. The van der Waals surface area contributed by atoms with Gasteiger partial charge in [-0.1, -0.05) is 30.3 Å². The molecule has 1 amide bonds. The highest BCUT2D eigenvalue weighted by molar-refractivity contribution is 5.76. The number of carbonyl (C=O) groups excluding carboxylic acids is 1. The molecule has 1 aliphatic rings. The number of aromatic nitrogens is 4. The molecule has 0 unspecified atom stereocenters. The molecule has 1 saturated heterocycles. The molecule has 3 aromatic rings. The van der Waals surface area contributed by atoms with Crippen LogP contribution in [0.5, 0.6) is 0 Å². The van der Waals surface area contributed by atoms with Gasteiger partial charge in [-0.15, -0.1) is 0 Å². The average molecular weight is 420 g/mol. The van der Waals surface area contributed by atoms with Gasteiger partial charge in [-0.05, 0) is 44.0 Å². The van der Waals surface area contributed by atoms with Gasteiger partial charge < -0.3 is 9.64 Å². The van der Waals surface area contributed by atoms with Crippen molar-refractivity contribution in [2.45, 2.75) is 46.3 Å². The summed E-state index contributed by atoms with van der Waals surface area (Å²) in [5.41, 5.74) is 4.42. The lowest BCUT2D eigenvalue weighted by Crippen LogP contribution is -2.42. The van der Waals surface area contributed by atoms with Crippen molar-refractivity contribution < 1.29 is 9.53 Å². The van der Waals surface area contributed by atoms with Crippen LogP contribution in [0.25, 0.3) is 0 Å². The second kappa shape index (κ2) is 9.39. The lowest BCUT2D eigenvalue weighted by atomic mass is 10.0. The molecule has 0 aliphatic carbocycles. The summed E-state index contributed by atoms with van der Waals surface area (Å²) in [6.07, 6.45) is 0.980. The second-order valence-electron chi connectivity index (χ2n) is 8.04. The quantitative estimate of drug-likeness (QED) is 0.614. The molecule has 2 aromatic heterocycles. The summed E-state index contributed by atoms with van der Waals surface area (Å²) in [6.45, 7) is 8.07. The smallest absolute Gasteiger partial charge is 0.224 e. The Hall–Kier alpha value is -3.06. The van der Waals surface area contributed by atoms with Crippen molar-refractivity contribution in [1.29, 1.82) is 0 Å². The molecule has 1 atom stereocenters. The highest BCUT2D eigenvalue weighted by Crippen LogP contribution is 2.22. The number of amides is 1. The van der Waals surface area contributed by atoms with Gasteiger partial charge in [0.05, 0.1) is 25.4 Å². The van der Waals surface area contributed by atoms with Crippen molar-refractivity contribution in [3.63, 3.8) is 0 Å². The number of nitrogens with zero attached hydrogens (tertiary/aromatic N) is 5. The van der Waals surface area contributed by atoms with Crippen LogP contribution in [-0.2, 0) is 22.5 Å². The Morgan fingerprint density at radius 1 is 1.10 bits per heavy atom. The van der Waals surface area contributed by atoms with Crippen LogP contribution in [0.1, 0.15) is 46.7 Å². The minimum atomic E-state index is -0.204. The Labute approximate surface area is 183 Å². The van der Waals surface area contributed by atoms with E-state index in [4.69, 9.17) is 9.72 Å². The fourth-order valence-corrected chi connectivity index (χ4v) is 3.97. The number of hydrogen-bond acceptors (Lipinski definition) is 5. The Morgan fingerprint density at radius 2 is 1.94 bits per heavy atom. The molecule has 162 valence electrons. The summed E-state index contributed by atoms with van der Waals surface area (Å²) in [5.74, 6) is 1.67. The molecule has 1 aliphatic heterocycles. The van der Waals surface area contributed by atoms with E-state index in [1.54, 1.807) is 4.68 Å². The van der Waals surface area contributed by atoms with Crippen LogP contribution in [0.3, 0.4) is 0 Å². The van der Waals surface area contributed by atoms with Gasteiger partial charge in [0.1, 0.15) is 17.8 Å². The summed E-state index contributed by atoms with van der Waals surface area (Å²) < 4.78 is 7.77. The van der Waals surface area contributed by atoms with Gasteiger partial charge in [0.25, 0.3) is 0 Å². The normalized spacial score (nSPS) is 16.5. The number of ether oxygens (including phenoxy) is 1. The molecule has 0 saturated carbocycles. The van der Waals surface area contributed by atoms with Gasteiger partial charge in [0.15, 0.2) is 0 Å². The third kappa shape index (κ3) is 5.17. The maximum atomic E-state index is 12.8. The monoisotopic (exact) mass is 419 g/mol. The van der Waals surface area contributed by atoms with Crippen LogP contribution in [0.2, 0.25) is 0 Å². The summed E-state index contributed by atoms with van der Waals surface area (Å²) in [5, 5.41) is 4.34. The Morgan fingerprint density at radius 3 is 2.71 bits per heavy atom. The first-order valence-electron chi connectivity index (χ1n) is 10.8. The fourth-order valence-electron chi connectivity index (χ4n) is 3.97. The largest absolute Gasteiger partial charge is 0.368 e. The maximum Gasteiger partial charge on any atom is 0.224 e. The SMILES string of the molecule is Cc1nc(C)n(CCC(=O)N2CCO[C@H](c3cccc(Cc4ccccc4C)n3)C2)n1. The molecule has 4 rings (SSSR count). The van der Waals surface area contributed by atoms with Crippen molar-refractivity contribution in [2.75, 3.05) is 19.7 Å². The number of morpholine rings is 1. The lowest BCUT2D eigenvalue weighted by molar-refractivity contribution is -0.139. The van der Waals surface area contributed by atoms with Gasteiger partial charge in [-0.2, -0.15) is 5.10 Å². The number of pyridine rings is 1. The number of benzene rings is 1. The molecule has 3 heterocycles. The van der Waals surface area contributed by atoms with E-state index in [0.717, 1.165) is 29.5 Å². The predicted octanol–water partition coefficient (Wildman–Crippen LogP) is 3.18. The van der Waals surface area contributed by atoms with Gasteiger partial charge in [-0.3, -0.25) is 9.78 Å². The molecule has 0 bridgehead atoms. The minimum Gasteiger partial charge on any atom is -0.368 e. The van der Waals surface area contributed by atoms with Crippen molar-refractivity contribution >= 4 is 5.91 Å². The first kappa shape index (κ1) is 21.2. The Kier molecular flexibility index (Phi) is 6.42. The van der Waals surface area contributed by atoms with Gasteiger partial charge in [0.2, 0.25) is 5.91 Å². The van der Waals surface area contributed by atoms with E-state index in [1.807, 2.05) is 36.9 Å². The zero-order valence-electron chi connectivity index (χ0n) is 18.4. The third-order valence-electron chi connectivity index (χ3n) is 5.71. The molecule has 0 spiro atoms. The van der Waals surface area contributed by atoms with Crippen molar-refractivity contribution in [3.05, 3.63) is 76.6 Å². The Balaban J connectivity index is 1.39. The zero-order valence-corrected chi connectivity index (χ0v) is 18.4. The molecule has 0 radical (unpaired) electrons. The van der Waals surface area contributed by atoms with E-state index in [0.29, 0.717) is 32.7 Å². The standard InChI is InChI=1S/C24H29N5O2/c1-17-7-4-5-8-20(17)15-21-9-6-10-22(26-21)23-16-28(13-14-31-23)24(30)11-12-29-19(3)25-18(2)27-29/h4-10,23H,11-16H2,1-3H3/t23-/m0/s1. The molecule has 7 heteroatoms. The van der Waals surface area contributed by atoms with Crippen molar-refractivity contribution in [2.24, 2.45) is 0 Å². The van der Waals surface area contributed by atoms with Crippen molar-refractivity contribution in [1.82, 2.24) is 24.6 Å². The van der Waals surface area contributed by atoms with Crippen LogP contribution < -0.4 is 0 Å². The van der Waals surface area contributed by atoms with E-state index >= 15 is 0 Å². The van der Waals surface area contributed by atoms with Crippen LogP contribution in [0.15, 0.2) is 42.5 Å². The van der Waals surface area contributed by atoms with Crippen LogP contribution >= 0.6 is 0 Å². The number of carbonyl (C=O) groups is 1. The van der Waals surface area contributed by atoms with Crippen molar-refractivity contribution in [3.8, 4) is 0 Å². The predicted molar refractivity (Wildman–Crippen MR) is 118 cm³/mol. The first-order chi connectivity index (χ1) is 15.0. The van der Waals surface area contributed by atoms with E-state index in [1.165, 1.54) is 11.1 Å². The average Bonchev–Trinajstić information content (AvgIpc) is 3.11. The molecular formula is C24H29N5O2. The van der Waals surface area contributed by atoms with E-state index in [-0.39, 0.29) is 12.0 Å². The highest BCUT2D eigenvalue weighted by Gasteiger charge is 2.26. The fraction of sp³-hybridized carbons (Fsp3) is 0.417. The van der Waals surface area contributed by atoms with E-state index < -0.39 is 0 Å². The minimum absolute atomic E-state index is 0.108. The van der Waals surface area contributed by atoms with Gasteiger partial charge in [0, 0.05) is 25.1 Å². The van der Waals surface area contributed by atoms with Crippen LogP contribution in [0, 0.1) is 20.8 Å². The van der Waals surface area contributed by atoms with Crippen LogP contribution in [-0.4, -0.2) is 50.3 Å². The molecule has 31 heavy (non-hydrogen) atoms. The van der Waals surface area contributed by atoms with E-state index in [2.05, 4.69) is 41.3 Å². The first-order valence-corrected chi connectivity index (χ1v) is 10.8. The number of aryl methyl sites for hydroxylation is 4. The van der Waals surface area contributed by atoms with Crippen LogP contribution in [0.4, 0.5) is 0 Å². The number of rotatable bonds is 6.